The molecule has 2 aromatic carbocycles. The molecular weight excluding hydrogens is 376 g/mol. The van der Waals surface area contributed by atoms with Gasteiger partial charge in [0.2, 0.25) is 5.88 Å². The third kappa shape index (κ3) is 3.80. The van der Waals surface area contributed by atoms with Gasteiger partial charge in [0, 0.05) is 27.4 Å². The smallest absolute Gasteiger partial charge is 0.431 e. The lowest BCUT2D eigenvalue weighted by molar-refractivity contribution is 0.0716. The van der Waals surface area contributed by atoms with Crippen LogP contribution < -0.4 is 4.74 Å². The first-order valence-electron chi connectivity index (χ1n) is 9.02. The summed E-state index contributed by atoms with van der Waals surface area (Å²) < 4.78 is 10.2. The molecule has 0 aliphatic heterocycles. The zero-order valence-electron chi connectivity index (χ0n) is 15.5. The molecule has 28 heavy (non-hydrogen) atoms. The van der Waals surface area contributed by atoms with Gasteiger partial charge in [-0.1, -0.05) is 35.9 Å². The molecular formula is C22H19ClN2O3. The maximum absolute atomic E-state index is 11.8. The molecule has 6 heteroatoms. The highest BCUT2D eigenvalue weighted by Crippen LogP contribution is 2.31. The quantitative estimate of drug-likeness (QED) is 0.439. The Hall–Kier alpha value is -3.05. The molecule has 0 unspecified atom stereocenters. The maximum atomic E-state index is 11.8. The van der Waals surface area contributed by atoms with Gasteiger partial charge in [-0.05, 0) is 49.6 Å². The second-order valence-electron chi connectivity index (χ2n) is 6.85. The fourth-order valence-electron chi connectivity index (χ4n) is 3.24. The monoisotopic (exact) mass is 394 g/mol. The summed E-state index contributed by atoms with van der Waals surface area (Å²) in [5, 5.41) is 2.74. The van der Waals surface area contributed by atoms with Gasteiger partial charge in [-0.25, -0.2) is 9.78 Å². The van der Waals surface area contributed by atoms with Gasteiger partial charge in [-0.2, -0.15) is 0 Å². The number of aromatic amines is 1. The van der Waals surface area contributed by atoms with Gasteiger partial charge < -0.3 is 14.5 Å². The Balaban J connectivity index is 1.74. The van der Waals surface area contributed by atoms with Crippen molar-refractivity contribution >= 4 is 39.6 Å². The number of fused-ring (bicyclic) bond motifs is 3. The van der Waals surface area contributed by atoms with E-state index in [1.54, 1.807) is 26.1 Å². The van der Waals surface area contributed by atoms with E-state index < -0.39 is 6.16 Å². The fourth-order valence-corrected chi connectivity index (χ4v) is 3.36. The summed E-state index contributed by atoms with van der Waals surface area (Å²) >= 11 is 6.00. The predicted octanol–water partition coefficient (Wildman–Crippen LogP) is 5.88. The van der Waals surface area contributed by atoms with Crippen LogP contribution in [0.25, 0.3) is 21.8 Å². The Labute approximate surface area is 167 Å². The van der Waals surface area contributed by atoms with Crippen molar-refractivity contribution < 1.29 is 14.3 Å². The van der Waals surface area contributed by atoms with Crippen molar-refractivity contribution in [3.63, 3.8) is 0 Å². The SMILES string of the molecule is CC(C)OC(=O)Oc1cc2c(cn1)[nH]c1cccc(Cc3ccc(Cl)cc3)c12. The van der Waals surface area contributed by atoms with Crippen LogP contribution in [-0.4, -0.2) is 22.2 Å². The maximum Gasteiger partial charge on any atom is 0.515 e. The first-order chi connectivity index (χ1) is 13.5. The number of hydrogen-bond acceptors (Lipinski definition) is 4. The van der Waals surface area contributed by atoms with Gasteiger partial charge in [0.05, 0.1) is 17.8 Å². The van der Waals surface area contributed by atoms with Crippen LogP contribution in [0.1, 0.15) is 25.0 Å². The van der Waals surface area contributed by atoms with E-state index >= 15 is 0 Å². The molecule has 4 rings (SSSR count). The number of aromatic nitrogens is 2. The number of rotatable bonds is 4. The molecule has 0 amide bonds. The molecule has 0 aliphatic rings. The van der Waals surface area contributed by atoms with E-state index in [2.05, 4.69) is 16.0 Å². The summed E-state index contributed by atoms with van der Waals surface area (Å²) in [6.45, 7) is 3.53. The molecule has 1 N–H and O–H groups in total. The van der Waals surface area contributed by atoms with E-state index in [-0.39, 0.29) is 12.0 Å². The van der Waals surface area contributed by atoms with Crippen LogP contribution >= 0.6 is 11.6 Å². The first-order valence-corrected chi connectivity index (χ1v) is 9.39. The summed E-state index contributed by atoms with van der Waals surface area (Å²) in [5.74, 6) is 0.209. The summed E-state index contributed by atoms with van der Waals surface area (Å²) in [7, 11) is 0. The van der Waals surface area contributed by atoms with Crippen LogP contribution in [0, 0.1) is 0 Å². The van der Waals surface area contributed by atoms with Crippen molar-refractivity contribution in [3.05, 3.63) is 70.9 Å². The number of hydrogen-bond donors (Lipinski definition) is 1. The van der Waals surface area contributed by atoms with Gasteiger partial charge >= 0.3 is 6.16 Å². The van der Waals surface area contributed by atoms with Gasteiger partial charge in [-0.3, -0.25) is 0 Å². The molecule has 0 atom stereocenters. The summed E-state index contributed by atoms with van der Waals surface area (Å²) in [6, 6.07) is 15.7. The van der Waals surface area contributed by atoms with Gasteiger partial charge in [-0.15, -0.1) is 0 Å². The van der Waals surface area contributed by atoms with Crippen LogP contribution in [-0.2, 0) is 11.2 Å². The molecule has 2 aromatic heterocycles. The average Bonchev–Trinajstić information content (AvgIpc) is 3.02. The number of H-pyrrole nitrogens is 1. The number of nitrogens with one attached hydrogen (secondary N) is 1. The zero-order chi connectivity index (χ0) is 19.7. The third-order valence-corrected chi connectivity index (χ3v) is 4.65. The minimum Gasteiger partial charge on any atom is -0.431 e. The molecule has 0 saturated heterocycles. The second kappa shape index (κ2) is 7.52. The Morgan fingerprint density at radius 2 is 1.93 bits per heavy atom. The standard InChI is InChI=1S/C22H19ClN2O3/c1-13(2)27-22(26)28-20-11-17-19(12-24-20)25-18-5-3-4-15(21(17)18)10-14-6-8-16(23)9-7-14/h3-9,11-13,25H,10H2,1-2H3. The lowest BCUT2D eigenvalue weighted by Crippen LogP contribution is -2.16. The third-order valence-electron chi connectivity index (χ3n) is 4.40. The zero-order valence-corrected chi connectivity index (χ0v) is 16.3. The predicted molar refractivity (Wildman–Crippen MR) is 110 cm³/mol. The number of benzene rings is 2. The number of ether oxygens (including phenoxy) is 2. The van der Waals surface area contributed by atoms with E-state index in [4.69, 9.17) is 21.1 Å². The normalized spacial score (nSPS) is 11.3. The highest BCUT2D eigenvalue weighted by atomic mass is 35.5. The number of nitrogens with zero attached hydrogens (tertiary/aromatic N) is 1. The molecule has 2 heterocycles. The Bertz CT molecular complexity index is 1150. The molecule has 0 radical (unpaired) electrons. The summed E-state index contributed by atoms with van der Waals surface area (Å²) in [5.41, 5.74) is 4.21. The second-order valence-corrected chi connectivity index (χ2v) is 7.29. The Morgan fingerprint density at radius 3 is 2.68 bits per heavy atom. The molecule has 0 saturated carbocycles. The number of halogens is 1. The number of pyridine rings is 1. The molecule has 142 valence electrons. The van der Waals surface area contributed by atoms with Crippen molar-refractivity contribution in [3.8, 4) is 5.88 Å². The van der Waals surface area contributed by atoms with E-state index in [0.29, 0.717) is 0 Å². The summed E-state index contributed by atoms with van der Waals surface area (Å²) in [4.78, 5) is 19.4. The van der Waals surface area contributed by atoms with E-state index in [0.717, 1.165) is 44.4 Å². The van der Waals surface area contributed by atoms with Gasteiger partial charge in [0.1, 0.15) is 0 Å². The minimum atomic E-state index is -0.761. The lowest BCUT2D eigenvalue weighted by atomic mass is 10.00. The van der Waals surface area contributed by atoms with E-state index in [1.165, 1.54) is 0 Å². The molecule has 0 bridgehead atoms. The highest BCUT2D eigenvalue weighted by molar-refractivity contribution is 6.30. The Kier molecular flexibility index (Phi) is 4.92. The van der Waals surface area contributed by atoms with Crippen molar-refractivity contribution in [1.29, 1.82) is 0 Å². The van der Waals surface area contributed by atoms with E-state index in [1.807, 2.05) is 36.4 Å². The highest BCUT2D eigenvalue weighted by Gasteiger charge is 2.14. The van der Waals surface area contributed by atoms with Gasteiger partial charge in [0.15, 0.2) is 0 Å². The van der Waals surface area contributed by atoms with Crippen molar-refractivity contribution in [2.45, 2.75) is 26.4 Å². The van der Waals surface area contributed by atoms with Crippen LogP contribution in [0.2, 0.25) is 5.02 Å². The van der Waals surface area contributed by atoms with Crippen LogP contribution in [0.4, 0.5) is 4.79 Å². The van der Waals surface area contributed by atoms with Crippen molar-refractivity contribution in [1.82, 2.24) is 9.97 Å². The van der Waals surface area contributed by atoms with Crippen LogP contribution in [0.15, 0.2) is 54.7 Å². The minimum absolute atomic E-state index is 0.209. The van der Waals surface area contributed by atoms with Crippen LogP contribution in [0.5, 0.6) is 5.88 Å². The fraction of sp³-hybridized carbons (Fsp3) is 0.182. The average molecular weight is 395 g/mol. The molecule has 4 aromatic rings. The molecule has 0 aliphatic carbocycles. The Morgan fingerprint density at radius 1 is 1.14 bits per heavy atom. The lowest BCUT2D eigenvalue weighted by Gasteiger charge is -2.08. The van der Waals surface area contributed by atoms with Crippen molar-refractivity contribution in [2.24, 2.45) is 0 Å². The molecule has 0 spiro atoms. The largest absolute Gasteiger partial charge is 0.515 e. The summed E-state index contributed by atoms with van der Waals surface area (Å²) in [6.07, 6.45) is 1.41. The van der Waals surface area contributed by atoms with Crippen molar-refractivity contribution in [2.75, 3.05) is 0 Å². The number of carbonyl (C=O) groups excluding carboxylic acids is 1. The topological polar surface area (TPSA) is 64.2 Å². The molecule has 0 fully saturated rings. The van der Waals surface area contributed by atoms with Gasteiger partial charge in [0.25, 0.3) is 0 Å². The molecule has 5 nitrogen and oxygen atoms in total. The first kappa shape index (κ1) is 18.3. The van der Waals surface area contributed by atoms with Crippen LogP contribution in [0.3, 0.4) is 0 Å². The van der Waals surface area contributed by atoms with E-state index in [9.17, 15) is 4.79 Å². The number of carbonyl (C=O) groups is 1.